The van der Waals surface area contributed by atoms with Crippen LogP contribution in [0.25, 0.3) is 0 Å². The molecule has 0 aromatic carbocycles. The van der Waals surface area contributed by atoms with Crippen molar-refractivity contribution in [3.05, 3.63) is 24.2 Å². The monoisotopic (exact) mass is 334 g/mol. The zero-order chi connectivity index (χ0) is 16.9. The molecular formula is C17H26N4O3. The number of carbonyl (C=O) groups is 2. The highest BCUT2D eigenvalue weighted by Crippen LogP contribution is 2.20. The number of amides is 3. The van der Waals surface area contributed by atoms with Crippen molar-refractivity contribution >= 4 is 11.9 Å². The van der Waals surface area contributed by atoms with E-state index in [1.54, 1.807) is 17.2 Å². The Morgan fingerprint density at radius 2 is 1.83 bits per heavy atom. The first-order chi connectivity index (χ1) is 11.6. The van der Waals surface area contributed by atoms with E-state index in [-0.39, 0.29) is 17.9 Å². The van der Waals surface area contributed by atoms with E-state index in [4.69, 9.17) is 4.42 Å². The topological polar surface area (TPSA) is 69.0 Å². The van der Waals surface area contributed by atoms with Crippen LogP contribution in [-0.4, -0.2) is 73.0 Å². The Kier molecular flexibility index (Phi) is 5.40. The van der Waals surface area contributed by atoms with E-state index < -0.39 is 0 Å². The first-order valence-electron chi connectivity index (χ1n) is 8.66. The molecule has 3 rings (SSSR count). The van der Waals surface area contributed by atoms with Gasteiger partial charge in [-0.25, -0.2) is 4.79 Å². The van der Waals surface area contributed by atoms with Crippen molar-refractivity contribution < 1.29 is 14.0 Å². The summed E-state index contributed by atoms with van der Waals surface area (Å²) in [4.78, 5) is 30.8. The lowest BCUT2D eigenvalue weighted by Crippen LogP contribution is -2.51. The maximum absolute atomic E-state index is 12.6. The summed E-state index contributed by atoms with van der Waals surface area (Å²) in [7, 11) is 2.08. The molecule has 0 aliphatic carbocycles. The first-order valence-corrected chi connectivity index (χ1v) is 8.66. The molecule has 2 aliphatic rings. The maximum atomic E-state index is 12.6. The predicted octanol–water partition coefficient (Wildman–Crippen LogP) is 0.975. The second-order valence-corrected chi connectivity index (χ2v) is 6.63. The lowest BCUT2D eigenvalue weighted by atomic mass is 9.95. The van der Waals surface area contributed by atoms with Crippen LogP contribution in [0.15, 0.2) is 22.8 Å². The molecule has 3 amide bonds. The van der Waals surface area contributed by atoms with E-state index in [9.17, 15) is 9.59 Å². The van der Waals surface area contributed by atoms with Crippen LogP contribution in [0.2, 0.25) is 0 Å². The predicted molar refractivity (Wildman–Crippen MR) is 89.3 cm³/mol. The molecule has 2 saturated heterocycles. The molecule has 0 saturated carbocycles. The van der Waals surface area contributed by atoms with Gasteiger partial charge in [-0.2, -0.15) is 0 Å². The number of nitrogens with zero attached hydrogens (tertiary/aromatic N) is 3. The van der Waals surface area contributed by atoms with Crippen molar-refractivity contribution in [2.75, 3.05) is 46.3 Å². The first kappa shape index (κ1) is 16.8. The smallest absolute Gasteiger partial charge is 0.317 e. The van der Waals surface area contributed by atoms with E-state index >= 15 is 0 Å². The highest BCUT2D eigenvalue weighted by molar-refractivity contribution is 5.80. The van der Waals surface area contributed by atoms with Crippen LogP contribution in [0.4, 0.5) is 4.79 Å². The Hall–Kier alpha value is -2.02. The third-order valence-electron chi connectivity index (χ3n) is 4.94. The molecule has 2 aliphatic heterocycles. The Morgan fingerprint density at radius 1 is 1.12 bits per heavy atom. The molecule has 1 aromatic rings. The summed E-state index contributed by atoms with van der Waals surface area (Å²) in [5.41, 5.74) is 0. The van der Waals surface area contributed by atoms with Crippen molar-refractivity contribution in [3.63, 3.8) is 0 Å². The van der Waals surface area contributed by atoms with Gasteiger partial charge in [0.1, 0.15) is 5.76 Å². The lowest BCUT2D eigenvalue weighted by molar-refractivity contribution is -0.138. The van der Waals surface area contributed by atoms with Crippen molar-refractivity contribution in [1.29, 1.82) is 0 Å². The molecule has 2 fully saturated rings. The third kappa shape index (κ3) is 4.08. The van der Waals surface area contributed by atoms with Gasteiger partial charge in [0.05, 0.1) is 12.8 Å². The fourth-order valence-electron chi connectivity index (χ4n) is 3.30. The molecule has 3 heterocycles. The van der Waals surface area contributed by atoms with Gasteiger partial charge in [0.15, 0.2) is 0 Å². The molecule has 7 nitrogen and oxygen atoms in total. The highest BCUT2D eigenvalue weighted by Gasteiger charge is 2.31. The van der Waals surface area contributed by atoms with Gasteiger partial charge in [-0.1, -0.05) is 0 Å². The number of urea groups is 1. The van der Waals surface area contributed by atoms with Crippen molar-refractivity contribution in [2.24, 2.45) is 5.92 Å². The number of piperidine rings is 1. The number of hydrogen-bond donors (Lipinski definition) is 1. The minimum absolute atomic E-state index is 0.0579. The zero-order valence-corrected chi connectivity index (χ0v) is 14.2. The van der Waals surface area contributed by atoms with Crippen molar-refractivity contribution in [1.82, 2.24) is 20.0 Å². The highest BCUT2D eigenvalue weighted by atomic mass is 16.3. The fraction of sp³-hybridized carbons (Fsp3) is 0.647. The number of nitrogens with one attached hydrogen (secondary N) is 1. The molecule has 7 heteroatoms. The summed E-state index contributed by atoms with van der Waals surface area (Å²) in [6.07, 6.45) is 3.09. The molecule has 0 unspecified atom stereocenters. The summed E-state index contributed by atoms with van der Waals surface area (Å²) in [6.45, 7) is 5.19. The van der Waals surface area contributed by atoms with E-state index in [2.05, 4.69) is 17.3 Å². The SMILES string of the molecule is CN1CCN(C(=O)C2CCN(C(=O)NCc3ccco3)CC2)CC1. The average Bonchev–Trinajstić information content (AvgIpc) is 3.13. The average molecular weight is 334 g/mol. The molecule has 1 aromatic heterocycles. The van der Waals surface area contributed by atoms with Crippen LogP contribution in [0.5, 0.6) is 0 Å². The Balaban J connectivity index is 1.41. The second kappa shape index (κ2) is 7.70. The summed E-state index contributed by atoms with van der Waals surface area (Å²) in [6, 6.07) is 3.55. The van der Waals surface area contributed by atoms with Crippen LogP contribution in [0, 0.1) is 5.92 Å². The molecule has 0 spiro atoms. The number of carbonyl (C=O) groups excluding carboxylic acids is 2. The Labute approximate surface area is 142 Å². The normalized spacial score (nSPS) is 20.2. The zero-order valence-electron chi connectivity index (χ0n) is 14.2. The quantitative estimate of drug-likeness (QED) is 0.894. The van der Waals surface area contributed by atoms with E-state index in [0.29, 0.717) is 19.6 Å². The number of rotatable bonds is 3. The van der Waals surface area contributed by atoms with Crippen LogP contribution in [0.1, 0.15) is 18.6 Å². The molecule has 0 bridgehead atoms. The number of furan rings is 1. The molecule has 0 atom stereocenters. The number of likely N-dealkylation sites (tertiary alicyclic amines) is 1. The molecular weight excluding hydrogens is 308 g/mol. The third-order valence-corrected chi connectivity index (χ3v) is 4.94. The molecule has 132 valence electrons. The van der Waals surface area contributed by atoms with Gasteiger partial charge >= 0.3 is 6.03 Å². The van der Waals surface area contributed by atoms with Crippen LogP contribution in [-0.2, 0) is 11.3 Å². The van der Waals surface area contributed by atoms with E-state index in [0.717, 1.165) is 44.8 Å². The van der Waals surface area contributed by atoms with Crippen molar-refractivity contribution in [2.45, 2.75) is 19.4 Å². The minimum Gasteiger partial charge on any atom is -0.467 e. The van der Waals surface area contributed by atoms with E-state index in [1.807, 2.05) is 11.0 Å². The summed E-state index contributed by atoms with van der Waals surface area (Å²) in [5, 5.41) is 2.86. The van der Waals surface area contributed by atoms with Gasteiger partial charge in [-0.15, -0.1) is 0 Å². The maximum Gasteiger partial charge on any atom is 0.317 e. The lowest BCUT2D eigenvalue weighted by Gasteiger charge is -2.37. The minimum atomic E-state index is -0.0862. The largest absolute Gasteiger partial charge is 0.467 e. The number of piperazine rings is 1. The van der Waals surface area contributed by atoms with Crippen LogP contribution < -0.4 is 5.32 Å². The van der Waals surface area contributed by atoms with Gasteiger partial charge in [-0.3, -0.25) is 4.79 Å². The van der Waals surface area contributed by atoms with Gasteiger partial charge in [0.2, 0.25) is 5.91 Å². The number of likely N-dealkylation sites (N-methyl/N-ethyl adjacent to an activating group) is 1. The standard InChI is InChI=1S/C17H26N4O3/c1-19-8-10-20(11-9-19)16(22)14-4-6-21(7-5-14)17(23)18-13-15-3-2-12-24-15/h2-3,12,14H,4-11,13H2,1H3,(H,18,23). The summed E-state index contributed by atoms with van der Waals surface area (Å²) in [5.74, 6) is 1.06. The summed E-state index contributed by atoms with van der Waals surface area (Å²) >= 11 is 0. The van der Waals surface area contributed by atoms with Crippen molar-refractivity contribution in [3.8, 4) is 0 Å². The molecule has 24 heavy (non-hydrogen) atoms. The van der Waals surface area contributed by atoms with Gasteiger partial charge < -0.3 is 24.4 Å². The fourth-order valence-corrected chi connectivity index (χ4v) is 3.30. The van der Waals surface area contributed by atoms with Gasteiger partial charge in [0.25, 0.3) is 0 Å². The second-order valence-electron chi connectivity index (χ2n) is 6.63. The Bertz CT molecular complexity index is 544. The summed E-state index contributed by atoms with van der Waals surface area (Å²) < 4.78 is 5.21. The van der Waals surface area contributed by atoms with Gasteiger partial charge in [-0.05, 0) is 32.0 Å². The Morgan fingerprint density at radius 3 is 2.46 bits per heavy atom. The van der Waals surface area contributed by atoms with E-state index in [1.165, 1.54) is 0 Å². The van der Waals surface area contributed by atoms with Crippen LogP contribution >= 0.6 is 0 Å². The molecule has 0 radical (unpaired) electrons. The van der Waals surface area contributed by atoms with Gasteiger partial charge in [0, 0.05) is 45.2 Å². The molecule has 1 N–H and O–H groups in total. The van der Waals surface area contributed by atoms with Crippen LogP contribution in [0.3, 0.4) is 0 Å². The number of hydrogen-bond acceptors (Lipinski definition) is 4.